The summed E-state index contributed by atoms with van der Waals surface area (Å²) >= 11 is 0. The molecule has 0 bridgehead atoms. The fraction of sp³-hybridized carbons (Fsp3) is 0.533. The number of rotatable bonds is 2. The quantitative estimate of drug-likeness (QED) is 0.921. The van der Waals surface area contributed by atoms with Gasteiger partial charge in [0.15, 0.2) is 0 Å². The Morgan fingerprint density at radius 3 is 2.70 bits per heavy atom. The van der Waals surface area contributed by atoms with Crippen LogP contribution in [0.25, 0.3) is 0 Å². The number of nitrogens with zero attached hydrogens (tertiary/aromatic N) is 4. The number of anilines is 1. The second-order valence-corrected chi connectivity index (χ2v) is 5.89. The van der Waals surface area contributed by atoms with Gasteiger partial charge in [0.2, 0.25) is 0 Å². The van der Waals surface area contributed by atoms with E-state index in [1.54, 1.807) is 6.20 Å². The highest BCUT2D eigenvalue weighted by atomic mass is 19.4. The van der Waals surface area contributed by atoms with E-state index in [0.717, 1.165) is 42.8 Å². The molecule has 2 aromatic rings. The van der Waals surface area contributed by atoms with Crippen LogP contribution in [0.15, 0.2) is 12.4 Å². The number of hydrogen-bond acceptors (Lipinski definition) is 4. The van der Waals surface area contributed by atoms with Gasteiger partial charge >= 0.3 is 6.18 Å². The van der Waals surface area contributed by atoms with E-state index < -0.39 is 11.9 Å². The highest BCUT2D eigenvalue weighted by Gasteiger charge is 2.34. The number of imidazole rings is 1. The standard InChI is InChI=1S/C15H18F3N5/c1-9-6-19-10(2)14(21-9)23-5-3-4-11(8-23)13-20-7-12(22-13)15(16,17)18/h6-7,11H,3-5,8H2,1-2H3,(H,20,22). The molecule has 0 aromatic carbocycles. The summed E-state index contributed by atoms with van der Waals surface area (Å²) in [4.78, 5) is 17.3. The molecular formula is C15H18F3N5. The second kappa shape index (κ2) is 5.82. The molecular weight excluding hydrogens is 307 g/mol. The first-order valence-electron chi connectivity index (χ1n) is 7.52. The smallest absolute Gasteiger partial charge is 0.354 e. The summed E-state index contributed by atoms with van der Waals surface area (Å²) in [5.74, 6) is 1.12. The van der Waals surface area contributed by atoms with Crippen LogP contribution >= 0.6 is 0 Å². The van der Waals surface area contributed by atoms with Gasteiger partial charge in [-0.1, -0.05) is 0 Å². The summed E-state index contributed by atoms with van der Waals surface area (Å²) in [6.07, 6.45) is -0.131. The van der Waals surface area contributed by atoms with E-state index in [9.17, 15) is 13.2 Å². The number of alkyl halides is 3. The predicted molar refractivity (Wildman–Crippen MR) is 79.3 cm³/mol. The molecule has 3 heterocycles. The van der Waals surface area contributed by atoms with Crippen molar-refractivity contribution in [2.24, 2.45) is 0 Å². The molecule has 1 unspecified atom stereocenters. The number of aromatic nitrogens is 4. The van der Waals surface area contributed by atoms with Crippen LogP contribution in [0.2, 0.25) is 0 Å². The fourth-order valence-corrected chi connectivity index (χ4v) is 2.91. The van der Waals surface area contributed by atoms with Gasteiger partial charge in [-0.25, -0.2) is 9.97 Å². The van der Waals surface area contributed by atoms with E-state index in [1.807, 2.05) is 13.8 Å². The van der Waals surface area contributed by atoms with Gasteiger partial charge in [-0.3, -0.25) is 4.98 Å². The summed E-state index contributed by atoms with van der Waals surface area (Å²) in [6.45, 7) is 5.17. The number of hydrogen-bond donors (Lipinski definition) is 1. The third kappa shape index (κ3) is 3.30. The average molecular weight is 325 g/mol. The Bertz CT molecular complexity index is 695. The van der Waals surface area contributed by atoms with Crippen LogP contribution in [0, 0.1) is 13.8 Å². The van der Waals surface area contributed by atoms with Crippen LogP contribution in [0.5, 0.6) is 0 Å². The van der Waals surface area contributed by atoms with Gasteiger partial charge in [0, 0.05) is 25.2 Å². The summed E-state index contributed by atoms with van der Waals surface area (Å²) in [5.41, 5.74) is 0.855. The summed E-state index contributed by atoms with van der Waals surface area (Å²) < 4.78 is 38.1. The molecule has 1 N–H and O–H groups in total. The molecule has 23 heavy (non-hydrogen) atoms. The van der Waals surface area contributed by atoms with E-state index >= 15 is 0 Å². The zero-order valence-electron chi connectivity index (χ0n) is 13.0. The van der Waals surface area contributed by atoms with E-state index in [0.29, 0.717) is 12.4 Å². The third-order valence-electron chi connectivity index (χ3n) is 4.06. The molecule has 1 aliphatic rings. The van der Waals surface area contributed by atoms with Crippen molar-refractivity contribution in [3.8, 4) is 0 Å². The predicted octanol–water partition coefficient (Wildman–Crippen LogP) is 3.22. The molecule has 0 saturated carbocycles. The number of nitrogens with one attached hydrogen (secondary N) is 1. The molecule has 0 radical (unpaired) electrons. The molecule has 0 aliphatic carbocycles. The molecule has 3 rings (SSSR count). The molecule has 8 heteroatoms. The minimum Gasteiger partial charge on any atom is -0.354 e. The molecule has 5 nitrogen and oxygen atoms in total. The topological polar surface area (TPSA) is 57.7 Å². The van der Waals surface area contributed by atoms with Gasteiger partial charge < -0.3 is 9.88 Å². The Morgan fingerprint density at radius 2 is 2.00 bits per heavy atom. The maximum absolute atomic E-state index is 12.7. The number of H-pyrrole nitrogens is 1. The molecule has 1 fully saturated rings. The monoisotopic (exact) mass is 325 g/mol. The van der Waals surface area contributed by atoms with E-state index in [2.05, 4.69) is 24.8 Å². The number of halogens is 3. The molecule has 1 aliphatic heterocycles. The van der Waals surface area contributed by atoms with E-state index in [-0.39, 0.29) is 5.92 Å². The lowest BCUT2D eigenvalue weighted by atomic mass is 9.97. The Hall–Kier alpha value is -2.12. The second-order valence-electron chi connectivity index (χ2n) is 5.89. The van der Waals surface area contributed by atoms with Crippen molar-refractivity contribution in [3.63, 3.8) is 0 Å². The molecule has 1 saturated heterocycles. The summed E-state index contributed by atoms with van der Waals surface area (Å²) in [5, 5.41) is 0. The van der Waals surface area contributed by atoms with Crippen LogP contribution in [0.4, 0.5) is 19.0 Å². The van der Waals surface area contributed by atoms with Gasteiger partial charge in [-0.2, -0.15) is 13.2 Å². The van der Waals surface area contributed by atoms with Crippen LogP contribution in [-0.4, -0.2) is 33.0 Å². The van der Waals surface area contributed by atoms with E-state index in [4.69, 9.17) is 0 Å². The Balaban J connectivity index is 1.81. The average Bonchev–Trinajstić information content (AvgIpc) is 3.00. The van der Waals surface area contributed by atoms with E-state index in [1.165, 1.54) is 0 Å². The lowest BCUT2D eigenvalue weighted by Crippen LogP contribution is -2.36. The number of aryl methyl sites for hydroxylation is 2. The Kier molecular flexibility index (Phi) is 3.99. The lowest BCUT2D eigenvalue weighted by Gasteiger charge is -2.33. The van der Waals surface area contributed by atoms with Crippen molar-refractivity contribution in [1.29, 1.82) is 0 Å². The SMILES string of the molecule is Cc1cnc(C)c(N2CCCC(c3ncc(C(F)(F)F)[nH]3)C2)n1. The van der Waals surface area contributed by atoms with Crippen molar-refractivity contribution in [3.05, 3.63) is 35.3 Å². The number of piperidine rings is 1. The Labute approximate surface area is 132 Å². The molecule has 0 spiro atoms. The summed E-state index contributed by atoms with van der Waals surface area (Å²) in [6, 6.07) is 0. The van der Waals surface area contributed by atoms with Crippen molar-refractivity contribution in [1.82, 2.24) is 19.9 Å². The Morgan fingerprint density at radius 1 is 1.22 bits per heavy atom. The van der Waals surface area contributed by atoms with Gasteiger partial charge in [0.25, 0.3) is 0 Å². The van der Waals surface area contributed by atoms with Crippen LogP contribution in [-0.2, 0) is 6.18 Å². The molecule has 0 amide bonds. The molecule has 1 atom stereocenters. The zero-order valence-corrected chi connectivity index (χ0v) is 13.0. The highest BCUT2D eigenvalue weighted by molar-refractivity contribution is 5.44. The maximum Gasteiger partial charge on any atom is 0.432 e. The lowest BCUT2D eigenvalue weighted by molar-refractivity contribution is -0.141. The molecule has 124 valence electrons. The fourth-order valence-electron chi connectivity index (χ4n) is 2.91. The van der Waals surface area contributed by atoms with Crippen LogP contribution < -0.4 is 4.90 Å². The van der Waals surface area contributed by atoms with Crippen molar-refractivity contribution in [2.45, 2.75) is 38.8 Å². The largest absolute Gasteiger partial charge is 0.432 e. The van der Waals surface area contributed by atoms with Crippen LogP contribution in [0.1, 0.15) is 41.7 Å². The van der Waals surface area contributed by atoms with Gasteiger partial charge in [-0.15, -0.1) is 0 Å². The van der Waals surface area contributed by atoms with Crippen molar-refractivity contribution >= 4 is 5.82 Å². The van der Waals surface area contributed by atoms with Crippen LogP contribution in [0.3, 0.4) is 0 Å². The number of aromatic amines is 1. The van der Waals surface area contributed by atoms with Gasteiger partial charge in [0.1, 0.15) is 17.3 Å². The minimum atomic E-state index is -4.39. The normalized spacial score (nSPS) is 19.2. The van der Waals surface area contributed by atoms with Gasteiger partial charge in [0.05, 0.1) is 17.6 Å². The third-order valence-corrected chi connectivity index (χ3v) is 4.06. The first-order chi connectivity index (χ1) is 10.8. The maximum atomic E-state index is 12.7. The van der Waals surface area contributed by atoms with Crippen molar-refractivity contribution < 1.29 is 13.2 Å². The van der Waals surface area contributed by atoms with Crippen molar-refractivity contribution in [2.75, 3.05) is 18.0 Å². The first-order valence-corrected chi connectivity index (χ1v) is 7.52. The first kappa shape index (κ1) is 15.8. The molecule has 2 aromatic heterocycles. The summed E-state index contributed by atoms with van der Waals surface area (Å²) in [7, 11) is 0. The minimum absolute atomic E-state index is 0.0680. The zero-order chi connectivity index (χ0) is 16.6. The highest BCUT2D eigenvalue weighted by Crippen LogP contribution is 2.32. The van der Waals surface area contributed by atoms with Gasteiger partial charge in [-0.05, 0) is 26.7 Å².